The van der Waals surface area contributed by atoms with Gasteiger partial charge in [-0.15, -0.1) is 0 Å². The van der Waals surface area contributed by atoms with E-state index in [-0.39, 0.29) is 22.0 Å². The van der Waals surface area contributed by atoms with Crippen molar-refractivity contribution in [3.8, 4) is 0 Å². The van der Waals surface area contributed by atoms with E-state index in [0.29, 0.717) is 10.2 Å². The second kappa shape index (κ2) is 6.49. The Kier molecular flexibility index (Phi) is 4.53. The van der Waals surface area contributed by atoms with Crippen LogP contribution in [-0.4, -0.2) is 25.6 Å². The van der Waals surface area contributed by atoms with Gasteiger partial charge in [0.2, 0.25) is 5.91 Å². The third-order valence-electron chi connectivity index (χ3n) is 3.39. The van der Waals surface area contributed by atoms with Crippen LogP contribution in [0.15, 0.2) is 41.3 Å². The molecule has 0 saturated carbocycles. The fraction of sp³-hybridized carbons (Fsp3) is 0.125. The molecule has 130 valence electrons. The summed E-state index contributed by atoms with van der Waals surface area (Å²) in [5, 5.41) is 2.77. The highest BCUT2D eigenvalue weighted by Crippen LogP contribution is 2.28. The molecule has 1 heterocycles. The van der Waals surface area contributed by atoms with Gasteiger partial charge in [-0.25, -0.2) is 22.2 Å². The topological polar surface area (TPSA) is 76.1 Å². The van der Waals surface area contributed by atoms with Crippen molar-refractivity contribution in [3.63, 3.8) is 0 Å². The van der Waals surface area contributed by atoms with Crippen molar-refractivity contribution in [2.75, 3.05) is 11.6 Å². The monoisotopic (exact) mass is 382 g/mol. The summed E-state index contributed by atoms with van der Waals surface area (Å²) in [5.41, 5.74) is 0.475. The van der Waals surface area contributed by atoms with Crippen LogP contribution in [0.1, 0.15) is 5.56 Å². The van der Waals surface area contributed by atoms with Gasteiger partial charge in [-0.1, -0.05) is 11.3 Å². The van der Waals surface area contributed by atoms with Crippen LogP contribution in [0.3, 0.4) is 0 Å². The smallest absolute Gasteiger partial charge is 0.230 e. The molecule has 5 nitrogen and oxygen atoms in total. The Balaban J connectivity index is 1.80. The molecule has 0 fully saturated rings. The van der Waals surface area contributed by atoms with E-state index in [1.54, 1.807) is 6.07 Å². The zero-order chi connectivity index (χ0) is 18.2. The maximum absolute atomic E-state index is 13.6. The molecular formula is C16H12F2N2O3S2. The van der Waals surface area contributed by atoms with Crippen molar-refractivity contribution >= 4 is 42.4 Å². The number of rotatable bonds is 4. The lowest BCUT2D eigenvalue weighted by Gasteiger charge is -2.03. The third-order valence-corrected chi connectivity index (χ3v) is 5.44. The first-order chi connectivity index (χ1) is 11.7. The number of nitrogens with one attached hydrogen (secondary N) is 1. The molecule has 1 aromatic heterocycles. The minimum absolute atomic E-state index is 0.0574. The van der Waals surface area contributed by atoms with Crippen LogP contribution in [0, 0.1) is 11.6 Å². The molecule has 3 aromatic rings. The van der Waals surface area contributed by atoms with Crippen molar-refractivity contribution < 1.29 is 22.0 Å². The zero-order valence-electron chi connectivity index (χ0n) is 12.9. The van der Waals surface area contributed by atoms with Crippen LogP contribution in [0.5, 0.6) is 0 Å². The number of carbonyl (C=O) groups excluding carboxylic acids is 1. The molecule has 25 heavy (non-hydrogen) atoms. The van der Waals surface area contributed by atoms with Gasteiger partial charge in [0, 0.05) is 11.8 Å². The maximum atomic E-state index is 13.6. The Morgan fingerprint density at radius 2 is 1.96 bits per heavy atom. The number of hydrogen-bond acceptors (Lipinski definition) is 5. The first kappa shape index (κ1) is 17.4. The second-order valence-electron chi connectivity index (χ2n) is 5.38. The number of aromatic nitrogens is 1. The lowest BCUT2D eigenvalue weighted by atomic mass is 10.1. The SMILES string of the molecule is CS(=O)(=O)c1ccc2nc(NC(=O)Cc3cc(F)ccc3F)sc2c1. The second-order valence-corrected chi connectivity index (χ2v) is 8.43. The number of amides is 1. The zero-order valence-corrected chi connectivity index (χ0v) is 14.5. The quantitative estimate of drug-likeness (QED) is 0.752. The first-order valence-corrected chi connectivity index (χ1v) is 9.77. The van der Waals surface area contributed by atoms with Crippen LogP contribution in [0.4, 0.5) is 13.9 Å². The summed E-state index contributed by atoms with van der Waals surface area (Å²) in [4.78, 5) is 16.4. The largest absolute Gasteiger partial charge is 0.302 e. The number of sulfone groups is 1. The van der Waals surface area contributed by atoms with Gasteiger partial charge in [-0.2, -0.15) is 0 Å². The van der Waals surface area contributed by atoms with Crippen molar-refractivity contribution in [3.05, 3.63) is 53.6 Å². The van der Waals surface area contributed by atoms with Crippen molar-refractivity contribution in [1.29, 1.82) is 0 Å². The molecule has 0 aliphatic rings. The van der Waals surface area contributed by atoms with E-state index in [9.17, 15) is 22.0 Å². The molecule has 0 bridgehead atoms. The minimum atomic E-state index is -3.34. The number of nitrogens with zero attached hydrogens (tertiary/aromatic N) is 1. The maximum Gasteiger partial charge on any atom is 0.230 e. The van der Waals surface area contributed by atoms with Crippen molar-refractivity contribution in [1.82, 2.24) is 4.98 Å². The van der Waals surface area contributed by atoms with E-state index < -0.39 is 27.4 Å². The molecular weight excluding hydrogens is 370 g/mol. The first-order valence-electron chi connectivity index (χ1n) is 7.07. The van der Waals surface area contributed by atoms with Gasteiger partial charge in [-0.3, -0.25) is 4.79 Å². The van der Waals surface area contributed by atoms with E-state index in [2.05, 4.69) is 10.3 Å². The fourth-order valence-corrected chi connectivity index (χ4v) is 3.85. The molecule has 3 rings (SSSR count). The lowest BCUT2D eigenvalue weighted by molar-refractivity contribution is -0.115. The minimum Gasteiger partial charge on any atom is -0.302 e. The molecule has 2 aromatic carbocycles. The standard InChI is InChI=1S/C16H12F2N2O3S2/c1-25(22,23)11-3-5-13-14(8-11)24-16(19-13)20-15(21)7-9-6-10(17)2-4-12(9)18/h2-6,8H,7H2,1H3,(H,19,20,21). The summed E-state index contributed by atoms with van der Waals surface area (Å²) < 4.78 is 50.5. The molecule has 0 spiro atoms. The molecule has 0 saturated heterocycles. The van der Waals surface area contributed by atoms with Gasteiger partial charge >= 0.3 is 0 Å². The highest BCUT2D eigenvalue weighted by molar-refractivity contribution is 7.90. The van der Waals surface area contributed by atoms with Crippen LogP contribution >= 0.6 is 11.3 Å². The Bertz CT molecular complexity index is 1080. The van der Waals surface area contributed by atoms with Gasteiger partial charge in [0.15, 0.2) is 15.0 Å². The van der Waals surface area contributed by atoms with E-state index in [4.69, 9.17) is 0 Å². The number of thiazole rings is 1. The van der Waals surface area contributed by atoms with E-state index in [1.165, 1.54) is 12.1 Å². The normalized spacial score (nSPS) is 11.6. The number of benzene rings is 2. The van der Waals surface area contributed by atoms with Crippen LogP contribution in [0.25, 0.3) is 10.2 Å². The predicted octanol–water partition coefficient (Wildman–Crippen LogP) is 3.16. The molecule has 0 unspecified atom stereocenters. The van der Waals surface area contributed by atoms with E-state index in [1.807, 2.05) is 0 Å². The lowest BCUT2D eigenvalue weighted by Crippen LogP contribution is -2.15. The van der Waals surface area contributed by atoms with Crippen LogP contribution < -0.4 is 5.32 Å². The highest BCUT2D eigenvalue weighted by atomic mass is 32.2. The number of carbonyl (C=O) groups is 1. The van der Waals surface area contributed by atoms with Gasteiger partial charge in [0.25, 0.3) is 0 Å². The Labute approximate surface area is 146 Å². The van der Waals surface area contributed by atoms with Crippen molar-refractivity contribution in [2.24, 2.45) is 0 Å². The molecule has 0 aliphatic heterocycles. The summed E-state index contributed by atoms with van der Waals surface area (Å²) >= 11 is 1.10. The Morgan fingerprint density at radius 3 is 2.68 bits per heavy atom. The molecule has 0 aliphatic carbocycles. The Hall–Kier alpha value is -2.39. The number of fused-ring (bicyclic) bond motifs is 1. The van der Waals surface area contributed by atoms with Crippen LogP contribution in [0.2, 0.25) is 0 Å². The number of hydrogen-bond donors (Lipinski definition) is 1. The predicted molar refractivity (Wildman–Crippen MR) is 91.4 cm³/mol. The average Bonchev–Trinajstić information content (AvgIpc) is 2.91. The van der Waals surface area contributed by atoms with Gasteiger partial charge in [-0.05, 0) is 36.4 Å². The molecule has 9 heteroatoms. The molecule has 0 atom stereocenters. The van der Waals surface area contributed by atoms with Crippen molar-refractivity contribution in [2.45, 2.75) is 11.3 Å². The Morgan fingerprint density at radius 1 is 1.20 bits per heavy atom. The fourth-order valence-electron chi connectivity index (χ4n) is 2.20. The number of halogens is 2. The third kappa shape index (κ3) is 3.99. The molecule has 1 amide bonds. The van der Waals surface area contributed by atoms with Gasteiger partial charge in [0.1, 0.15) is 11.6 Å². The van der Waals surface area contributed by atoms with Gasteiger partial charge in [0.05, 0.1) is 21.5 Å². The number of anilines is 1. The molecule has 1 N–H and O–H groups in total. The van der Waals surface area contributed by atoms with E-state index >= 15 is 0 Å². The van der Waals surface area contributed by atoms with E-state index in [0.717, 1.165) is 35.8 Å². The van der Waals surface area contributed by atoms with Gasteiger partial charge < -0.3 is 5.32 Å². The average molecular weight is 382 g/mol. The van der Waals surface area contributed by atoms with Crippen LogP contribution in [-0.2, 0) is 21.1 Å². The summed E-state index contributed by atoms with van der Waals surface area (Å²) in [7, 11) is -3.34. The molecule has 0 radical (unpaired) electrons. The summed E-state index contributed by atoms with van der Waals surface area (Å²) in [6.07, 6.45) is 0.763. The summed E-state index contributed by atoms with van der Waals surface area (Å²) in [5.74, 6) is -1.84. The highest BCUT2D eigenvalue weighted by Gasteiger charge is 2.14. The summed E-state index contributed by atoms with van der Waals surface area (Å²) in [6, 6.07) is 7.36. The summed E-state index contributed by atoms with van der Waals surface area (Å²) in [6.45, 7) is 0.